The molecule has 1 N–H and O–H groups in total. The van der Waals surface area contributed by atoms with Gasteiger partial charge in [-0.2, -0.15) is 0 Å². The summed E-state index contributed by atoms with van der Waals surface area (Å²) in [6.07, 6.45) is 2.74. The minimum atomic E-state index is -0.842. The van der Waals surface area contributed by atoms with Crippen LogP contribution in [-0.2, 0) is 16.0 Å². The molecule has 0 radical (unpaired) electrons. The van der Waals surface area contributed by atoms with Crippen LogP contribution in [0.15, 0.2) is 60.7 Å². The number of ketones is 2. The van der Waals surface area contributed by atoms with E-state index in [2.05, 4.69) is 11.4 Å². The largest absolute Gasteiger partial charge is 0.452 e. The van der Waals surface area contributed by atoms with Crippen molar-refractivity contribution in [2.45, 2.75) is 25.3 Å². The summed E-state index contributed by atoms with van der Waals surface area (Å²) in [6, 6.07) is 17.0. The molecule has 34 heavy (non-hydrogen) atoms. The molecule has 2 aliphatic rings. The maximum Gasteiger partial charge on any atom is 0.340 e. The van der Waals surface area contributed by atoms with Crippen molar-refractivity contribution in [3.05, 3.63) is 105 Å². The molecule has 1 unspecified atom stereocenters. The molecule has 0 aliphatic heterocycles. The van der Waals surface area contributed by atoms with Gasteiger partial charge in [-0.15, -0.1) is 0 Å². The highest BCUT2D eigenvalue weighted by atomic mass is 35.5. The highest BCUT2D eigenvalue weighted by Gasteiger charge is 2.33. The number of esters is 1. The number of carbonyl (C=O) groups excluding carboxylic acids is 4. The van der Waals surface area contributed by atoms with Crippen molar-refractivity contribution in [1.82, 2.24) is 5.32 Å². The number of amides is 1. The van der Waals surface area contributed by atoms with Crippen molar-refractivity contribution in [3.8, 4) is 0 Å². The average Bonchev–Trinajstić information content (AvgIpc) is 2.86. The third-order valence-corrected chi connectivity index (χ3v) is 6.68. The molecule has 0 spiro atoms. The van der Waals surface area contributed by atoms with Gasteiger partial charge in [0.15, 0.2) is 18.2 Å². The van der Waals surface area contributed by atoms with E-state index in [-0.39, 0.29) is 39.1 Å². The van der Waals surface area contributed by atoms with Gasteiger partial charge in [-0.25, -0.2) is 4.79 Å². The van der Waals surface area contributed by atoms with Crippen molar-refractivity contribution in [2.24, 2.45) is 0 Å². The number of carbonyl (C=O) groups is 4. The first-order valence-corrected chi connectivity index (χ1v) is 11.4. The van der Waals surface area contributed by atoms with Crippen molar-refractivity contribution in [2.75, 3.05) is 6.61 Å². The second kappa shape index (κ2) is 8.88. The quantitative estimate of drug-likeness (QED) is 0.442. The molecule has 3 aromatic carbocycles. The van der Waals surface area contributed by atoms with Gasteiger partial charge in [0.2, 0.25) is 0 Å². The fourth-order valence-corrected chi connectivity index (χ4v) is 4.98. The van der Waals surface area contributed by atoms with Gasteiger partial charge in [-0.05, 0) is 42.5 Å². The van der Waals surface area contributed by atoms with Crippen LogP contribution in [0.25, 0.3) is 0 Å². The van der Waals surface area contributed by atoms with Crippen molar-refractivity contribution in [1.29, 1.82) is 0 Å². The topological polar surface area (TPSA) is 89.5 Å². The molecule has 0 saturated carbocycles. The van der Waals surface area contributed by atoms with E-state index in [1.54, 1.807) is 24.3 Å². The second-order valence-corrected chi connectivity index (χ2v) is 8.72. The molecule has 0 bridgehead atoms. The van der Waals surface area contributed by atoms with Crippen LogP contribution in [0.5, 0.6) is 0 Å². The molecule has 0 fully saturated rings. The van der Waals surface area contributed by atoms with E-state index < -0.39 is 24.3 Å². The van der Waals surface area contributed by atoms with E-state index in [0.29, 0.717) is 5.56 Å². The number of aryl methyl sites for hydroxylation is 1. The maximum atomic E-state index is 13.0. The van der Waals surface area contributed by atoms with Gasteiger partial charge in [-0.1, -0.05) is 60.1 Å². The van der Waals surface area contributed by atoms with E-state index in [1.165, 1.54) is 17.7 Å². The minimum absolute atomic E-state index is 0.0249. The summed E-state index contributed by atoms with van der Waals surface area (Å²) in [5.41, 5.74) is 2.86. The number of hydrogen-bond donors (Lipinski definition) is 1. The number of ether oxygens (including phenoxy) is 1. The smallest absolute Gasteiger partial charge is 0.340 e. The Bertz CT molecular complexity index is 1360. The van der Waals surface area contributed by atoms with Crippen LogP contribution in [0, 0.1) is 0 Å². The normalized spacial score (nSPS) is 16.2. The van der Waals surface area contributed by atoms with Crippen LogP contribution in [0.1, 0.15) is 72.2 Å². The molecule has 7 heteroatoms. The number of nitrogens with one attached hydrogen (secondary N) is 1. The summed E-state index contributed by atoms with van der Waals surface area (Å²) in [5, 5.41) is 2.77. The van der Waals surface area contributed by atoms with E-state index in [4.69, 9.17) is 16.3 Å². The summed E-state index contributed by atoms with van der Waals surface area (Å²) >= 11 is 6.40. The van der Waals surface area contributed by atoms with Gasteiger partial charge in [0, 0.05) is 16.7 Å². The third kappa shape index (κ3) is 3.80. The van der Waals surface area contributed by atoms with Gasteiger partial charge in [0.1, 0.15) is 0 Å². The predicted octanol–water partition coefficient (Wildman–Crippen LogP) is 4.47. The molecule has 1 amide bonds. The Labute approximate surface area is 200 Å². The Morgan fingerprint density at radius 2 is 1.62 bits per heavy atom. The number of hydrogen-bond acceptors (Lipinski definition) is 5. The number of benzene rings is 3. The molecule has 3 aromatic rings. The van der Waals surface area contributed by atoms with Crippen LogP contribution in [-0.4, -0.2) is 30.0 Å². The zero-order valence-corrected chi connectivity index (χ0v) is 18.9. The lowest BCUT2D eigenvalue weighted by atomic mass is 9.83. The Morgan fingerprint density at radius 1 is 0.912 bits per heavy atom. The molecule has 170 valence electrons. The van der Waals surface area contributed by atoms with Crippen molar-refractivity contribution in [3.63, 3.8) is 0 Å². The highest BCUT2D eigenvalue weighted by Crippen LogP contribution is 2.34. The summed E-state index contributed by atoms with van der Waals surface area (Å²) in [6.45, 7) is -0.485. The summed E-state index contributed by atoms with van der Waals surface area (Å²) in [4.78, 5) is 51.0. The fraction of sp³-hybridized carbons (Fsp3) is 0.185. The van der Waals surface area contributed by atoms with Crippen LogP contribution < -0.4 is 5.32 Å². The lowest BCUT2D eigenvalue weighted by Crippen LogP contribution is -2.34. The Balaban J connectivity index is 1.30. The lowest BCUT2D eigenvalue weighted by molar-refractivity contribution is -0.125. The van der Waals surface area contributed by atoms with Gasteiger partial charge < -0.3 is 10.1 Å². The monoisotopic (exact) mass is 473 g/mol. The summed E-state index contributed by atoms with van der Waals surface area (Å²) < 4.78 is 5.19. The first-order chi connectivity index (χ1) is 16.5. The van der Waals surface area contributed by atoms with Crippen LogP contribution in [0.3, 0.4) is 0 Å². The predicted molar refractivity (Wildman–Crippen MR) is 125 cm³/mol. The van der Waals surface area contributed by atoms with Crippen molar-refractivity contribution < 1.29 is 23.9 Å². The molecule has 0 aromatic heterocycles. The zero-order chi connectivity index (χ0) is 23.8. The molecule has 2 aliphatic carbocycles. The average molecular weight is 474 g/mol. The SMILES string of the molecule is O=C(COC(=O)c1ccc2c(c1Cl)C(=O)c1ccccc1C2=O)NC1CCCc2ccccc21. The fourth-order valence-electron chi connectivity index (χ4n) is 4.65. The second-order valence-electron chi connectivity index (χ2n) is 8.34. The minimum Gasteiger partial charge on any atom is -0.452 e. The summed E-state index contributed by atoms with van der Waals surface area (Å²) in [7, 11) is 0. The van der Waals surface area contributed by atoms with E-state index in [9.17, 15) is 19.2 Å². The zero-order valence-electron chi connectivity index (χ0n) is 18.1. The maximum absolute atomic E-state index is 13.0. The van der Waals surface area contributed by atoms with E-state index in [1.807, 2.05) is 18.2 Å². The van der Waals surface area contributed by atoms with Crippen LogP contribution in [0.2, 0.25) is 5.02 Å². The number of fused-ring (bicyclic) bond motifs is 3. The lowest BCUT2D eigenvalue weighted by Gasteiger charge is -2.26. The first-order valence-electron chi connectivity index (χ1n) is 11.0. The standard InChI is InChI=1S/C27H20ClNO5/c28-24-20(13-12-19-23(24)26(32)18-10-4-3-9-17(18)25(19)31)27(33)34-14-22(30)29-21-11-5-7-15-6-1-2-8-16(15)21/h1-4,6,8-10,12-13,21H,5,7,11,14H2,(H,29,30). The van der Waals surface area contributed by atoms with E-state index >= 15 is 0 Å². The van der Waals surface area contributed by atoms with Crippen molar-refractivity contribution >= 4 is 35.0 Å². The molecule has 0 heterocycles. The third-order valence-electron chi connectivity index (χ3n) is 6.29. The number of halogens is 1. The highest BCUT2D eigenvalue weighted by molar-refractivity contribution is 6.41. The number of rotatable bonds is 4. The van der Waals surface area contributed by atoms with Gasteiger partial charge in [0.05, 0.1) is 22.2 Å². The Hall–Kier alpha value is -3.77. The van der Waals surface area contributed by atoms with Gasteiger partial charge in [-0.3, -0.25) is 14.4 Å². The van der Waals surface area contributed by atoms with Crippen LogP contribution >= 0.6 is 11.6 Å². The van der Waals surface area contributed by atoms with Crippen LogP contribution in [0.4, 0.5) is 0 Å². The van der Waals surface area contributed by atoms with Gasteiger partial charge >= 0.3 is 5.97 Å². The molecule has 1 atom stereocenters. The first kappa shape index (κ1) is 22.0. The Morgan fingerprint density at radius 3 is 2.41 bits per heavy atom. The molecular weight excluding hydrogens is 454 g/mol. The van der Waals surface area contributed by atoms with E-state index in [0.717, 1.165) is 24.8 Å². The molecule has 6 nitrogen and oxygen atoms in total. The van der Waals surface area contributed by atoms with Gasteiger partial charge in [0.25, 0.3) is 5.91 Å². The molecular formula is C27H20ClNO5. The molecule has 0 saturated heterocycles. The molecule has 5 rings (SSSR count). The Kier molecular flexibility index (Phi) is 5.75. The summed E-state index contributed by atoms with van der Waals surface area (Å²) in [5.74, 6) is -2.03.